The Morgan fingerprint density at radius 2 is 2.00 bits per heavy atom. The number of aromatic nitrogens is 2. The van der Waals surface area contributed by atoms with Gasteiger partial charge in [-0.05, 0) is 27.7 Å². The Morgan fingerprint density at radius 3 is 2.53 bits per heavy atom. The second-order valence-corrected chi connectivity index (χ2v) is 4.72. The summed E-state index contributed by atoms with van der Waals surface area (Å²) in [5.74, 6) is 2.53. The van der Waals surface area contributed by atoms with Crippen molar-refractivity contribution in [2.75, 3.05) is 23.8 Å². The summed E-state index contributed by atoms with van der Waals surface area (Å²) in [6.07, 6.45) is 0. The van der Waals surface area contributed by atoms with Gasteiger partial charge in [-0.25, -0.2) is 9.97 Å². The fourth-order valence-corrected chi connectivity index (χ4v) is 1.35. The molecule has 1 rings (SSSR count). The van der Waals surface area contributed by atoms with Crippen LogP contribution in [0.1, 0.15) is 26.6 Å². The minimum atomic E-state index is 0.108. The Balaban J connectivity index is 2.86. The topological polar surface area (TPSA) is 67.1 Å². The molecular weight excluding hydrogens is 214 g/mol. The van der Waals surface area contributed by atoms with Gasteiger partial charge in [0.1, 0.15) is 17.5 Å². The lowest BCUT2D eigenvalue weighted by Gasteiger charge is -2.23. The first kappa shape index (κ1) is 13.7. The van der Waals surface area contributed by atoms with Gasteiger partial charge in [0.05, 0.1) is 0 Å². The minimum absolute atomic E-state index is 0.108. The van der Waals surface area contributed by atoms with Crippen molar-refractivity contribution in [3.8, 4) is 0 Å². The molecule has 0 radical (unpaired) electrons. The van der Waals surface area contributed by atoms with Crippen LogP contribution in [0.25, 0.3) is 0 Å². The Labute approximate surface area is 103 Å². The predicted molar refractivity (Wildman–Crippen MR) is 72.4 cm³/mol. The van der Waals surface area contributed by atoms with Crippen LogP contribution in [0.15, 0.2) is 6.07 Å². The SMILES string of the molecule is Cc1nc(NCC(C)N)cc(N(C)C(C)C)n1. The van der Waals surface area contributed by atoms with Crippen molar-refractivity contribution < 1.29 is 0 Å². The molecule has 5 heteroatoms. The second kappa shape index (κ2) is 5.82. The number of nitrogens with two attached hydrogens (primary N) is 1. The molecular formula is C12H23N5. The zero-order chi connectivity index (χ0) is 13.0. The summed E-state index contributed by atoms with van der Waals surface area (Å²) in [7, 11) is 2.03. The van der Waals surface area contributed by atoms with Crippen molar-refractivity contribution in [1.82, 2.24) is 9.97 Å². The monoisotopic (exact) mass is 237 g/mol. The number of hydrogen-bond acceptors (Lipinski definition) is 5. The van der Waals surface area contributed by atoms with Crippen LogP contribution >= 0.6 is 0 Å². The highest BCUT2D eigenvalue weighted by atomic mass is 15.2. The fourth-order valence-electron chi connectivity index (χ4n) is 1.35. The molecule has 0 aromatic carbocycles. The molecule has 1 aromatic heterocycles. The average Bonchev–Trinajstić information content (AvgIpc) is 2.24. The van der Waals surface area contributed by atoms with Crippen LogP contribution in [0, 0.1) is 6.92 Å². The minimum Gasteiger partial charge on any atom is -0.368 e. The van der Waals surface area contributed by atoms with E-state index in [9.17, 15) is 0 Å². The maximum absolute atomic E-state index is 5.71. The van der Waals surface area contributed by atoms with Crippen LogP contribution in [-0.4, -0.2) is 35.6 Å². The first-order chi connectivity index (χ1) is 7.90. The van der Waals surface area contributed by atoms with Crippen molar-refractivity contribution in [1.29, 1.82) is 0 Å². The standard InChI is InChI=1S/C12H23N5/c1-8(2)17(5)12-6-11(14-7-9(3)13)15-10(4)16-12/h6,8-9H,7,13H2,1-5H3,(H,14,15,16). The number of rotatable bonds is 5. The number of nitrogens with one attached hydrogen (secondary N) is 1. The van der Waals surface area contributed by atoms with Gasteiger partial charge in [0.25, 0.3) is 0 Å². The third kappa shape index (κ3) is 4.19. The van der Waals surface area contributed by atoms with Gasteiger partial charge < -0.3 is 16.0 Å². The lowest BCUT2D eigenvalue weighted by molar-refractivity contribution is 0.737. The normalized spacial score (nSPS) is 12.6. The van der Waals surface area contributed by atoms with Crippen LogP contribution < -0.4 is 16.0 Å². The highest BCUT2D eigenvalue weighted by molar-refractivity contribution is 5.49. The van der Waals surface area contributed by atoms with Gasteiger partial charge in [0.2, 0.25) is 0 Å². The van der Waals surface area contributed by atoms with Gasteiger partial charge in [0.15, 0.2) is 0 Å². The molecule has 0 aliphatic carbocycles. The summed E-state index contributed by atoms with van der Waals surface area (Å²) < 4.78 is 0. The Bertz CT molecular complexity index is 362. The molecule has 0 aliphatic heterocycles. The van der Waals surface area contributed by atoms with E-state index in [1.165, 1.54) is 0 Å². The summed E-state index contributed by atoms with van der Waals surface area (Å²) in [6.45, 7) is 8.83. The summed E-state index contributed by atoms with van der Waals surface area (Å²) in [5, 5.41) is 3.22. The largest absolute Gasteiger partial charge is 0.368 e. The molecule has 0 amide bonds. The predicted octanol–water partition coefficient (Wildman–Crippen LogP) is 1.39. The zero-order valence-electron chi connectivity index (χ0n) is 11.4. The molecule has 1 aromatic rings. The van der Waals surface area contributed by atoms with Crippen LogP contribution in [0.5, 0.6) is 0 Å². The van der Waals surface area contributed by atoms with Crippen LogP contribution in [0.4, 0.5) is 11.6 Å². The molecule has 0 bridgehead atoms. The maximum atomic E-state index is 5.71. The summed E-state index contributed by atoms with van der Waals surface area (Å²) >= 11 is 0. The van der Waals surface area contributed by atoms with Gasteiger partial charge in [-0.3, -0.25) is 0 Å². The van der Waals surface area contributed by atoms with E-state index in [-0.39, 0.29) is 6.04 Å². The van der Waals surface area contributed by atoms with Gasteiger partial charge in [0, 0.05) is 31.7 Å². The molecule has 1 heterocycles. The Morgan fingerprint density at radius 1 is 1.35 bits per heavy atom. The smallest absolute Gasteiger partial charge is 0.134 e. The third-order valence-corrected chi connectivity index (χ3v) is 2.57. The second-order valence-electron chi connectivity index (χ2n) is 4.72. The van der Waals surface area contributed by atoms with Gasteiger partial charge >= 0.3 is 0 Å². The van der Waals surface area contributed by atoms with Gasteiger partial charge in [-0.2, -0.15) is 0 Å². The van der Waals surface area contributed by atoms with Crippen molar-refractivity contribution in [2.24, 2.45) is 5.73 Å². The highest BCUT2D eigenvalue weighted by Gasteiger charge is 2.09. The van der Waals surface area contributed by atoms with E-state index in [1.807, 2.05) is 27.0 Å². The van der Waals surface area contributed by atoms with E-state index in [0.717, 1.165) is 17.5 Å². The molecule has 96 valence electrons. The lowest BCUT2D eigenvalue weighted by atomic mass is 10.3. The van der Waals surface area contributed by atoms with E-state index in [1.54, 1.807) is 0 Å². The molecule has 0 fully saturated rings. The molecule has 5 nitrogen and oxygen atoms in total. The lowest BCUT2D eigenvalue weighted by Crippen LogP contribution is -2.28. The van der Waals surface area contributed by atoms with Crippen LogP contribution in [0.2, 0.25) is 0 Å². The highest BCUT2D eigenvalue weighted by Crippen LogP contribution is 2.16. The molecule has 3 N–H and O–H groups in total. The number of nitrogens with zero attached hydrogens (tertiary/aromatic N) is 3. The van der Waals surface area contributed by atoms with Crippen molar-refractivity contribution in [2.45, 2.75) is 39.8 Å². The third-order valence-electron chi connectivity index (χ3n) is 2.57. The molecule has 1 atom stereocenters. The molecule has 1 unspecified atom stereocenters. The first-order valence-corrected chi connectivity index (χ1v) is 5.98. The fraction of sp³-hybridized carbons (Fsp3) is 0.667. The number of anilines is 2. The molecule has 17 heavy (non-hydrogen) atoms. The van der Waals surface area contributed by atoms with Gasteiger partial charge in [-0.15, -0.1) is 0 Å². The molecule has 0 spiro atoms. The van der Waals surface area contributed by atoms with Crippen LogP contribution in [-0.2, 0) is 0 Å². The van der Waals surface area contributed by atoms with Crippen LogP contribution in [0.3, 0.4) is 0 Å². The number of hydrogen-bond donors (Lipinski definition) is 2. The van der Waals surface area contributed by atoms with Crippen molar-refractivity contribution in [3.63, 3.8) is 0 Å². The first-order valence-electron chi connectivity index (χ1n) is 5.98. The molecule has 0 aliphatic rings. The summed E-state index contributed by atoms with van der Waals surface area (Å²) in [4.78, 5) is 10.9. The van der Waals surface area contributed by atoms with E-state index < -0.39 is 0 Å². The molecule has 0 saturated heterocycles. The average molecular weight is 237 g/mol. The quantitative estimate of drug-likeness (QED) is 0.810. The van der Waals surface area contributed by atoms with Gasteiger partial charge in [-0.1, -0.05) is 0 Å². The van der Waals surface area contributed by atoms with Crippen molar-refractivity contribution >= 4 is 11.6 Å². The van der Waals surface area contributed by atoms with Crippen molar-refractivity contribution in [3.05, 3.63) is 11.9 Å². The Hall–Kier alpha value is -1.36. The summed E-state index contributed by atoms with van der Waals surface area (Å²) in [5.41, 5.74) is 5.71. The van der Waals surface area contributed by atoms with E-state index >= 15 is 0 Å². The number of aryl methyl sites for hydroxylation is 1. The van der Waals surface area contributed by atoms with E-state index in [4.69, 9.17) is 5.73 Å². The zero-order valence-corrected chi connectivity index (χ0v) is 11.4. The van der Waals surface area contributed by atoms with E-state index in [2.05, 4.69) is 34.0 Å². The summed E-state index contributed by atoms with van der Waals surface area (Å²) in [6, 6.07) is 2.47. The van der Waals surface area contributed by atoms with E-state index in [0.29, 0.717) is 12.6 Å². The molecule has 0 saturated carbocycles. The maximum Gasteiger partial charge on any atom is 0.134 e. The Kier molecular flexibility index (Phi) is 4.69.